The minimum absolute atomic E-state index is 0.0865. The van der Waals surface area contributed by atoms with E-state index in [0.717, 1.165) is 56.4 Å². The highest BCUT2D eigenvalue weighted by molar-refractivity contribution is 6.42. The first-order valence-electron chi connectivity index (χ1n) is 18.8. The number of likely N-dealkylation sites (tertiary alicyclic amines) is 2. The SMILES string of the molecule is COc1cc(C(=O)N2CCC(CCN3CCC(NC(=O)N4CCN(CCC(=O)O)CC4)(c4ccccc4)CC3)(c3ccc(Cl)c(Cl)c3)C2)cc(OC)c1OC. The van der Waals surface area contributed by atoms with Crippen LogP contribution in [-0.4, -0.2) is 129 Å². The second kappa shape index (κ2) is 17.7. The summed E-state index contributed by atoms with van der Waals surface area (Å²) in [5.41, 5.74) is 1.71. The van der Waals surface area contributed by atoms with Gasteiger partial charge >= 0.3 is 12.0 Å². The highest BCUT2D eigenvalue weighted by Crippen LogP contribution is 2.43. The number of methoxy groups -OCH3 is 3. The van der Waals surface area contributed by atoms with Gasteiger partial charge in [-0.15, -0.1) is 0 Å². The highest BCUT2D eigenvalue weighted by atomic mass is 35.5. The van der Waals surface area contributed by atoms with Crippen molar-refractivity contribution in [1.82, 2.24) is 24.9 Å². The molecule has 3 amide bonds. The second-order valence-electron chi connectivity index (χ2n) is 14.7. The van der Waals surface area contributed by atoms with Gasteiger partial charge in [0.05, 0.1) is 43.3 Å². The molecule has 2 N–H and O–H groups in total. The summed E-state index contributed by atoms with van der Waals surface area (Å²) >= 11 is 13.0. The molecule has 6 rings (SSSR count). The molecule has 296 valence electrons. The predicted molar refractivity (Wildman–Crippen MR) is 212 cm³/mol. The van der Waals surface area contributed by atoms with Gasteiger partial charge in [0.15, 0.2) is 11.5 Å². The molecule has 0 spiro atoms. The van der Waals surface area contributed by atoms with Gasteiger partial charge in [-0.25, -0.2) is 4.79 Å². The Balaban J connectivity index is 1.15. The average Bonchev–Trinajstić information content (AvgIpc) is 3.66. The first kappa shape index (κ1) is 40.4. The fourth-order valence-electron chi connectivity index (χ4n) is 8.33. The summed E-state index contributed by atoms with van der Waals surface area (Å²) in [5.74, 6) is 0.336. The monoisotopic (exact) mass is 795 g/mol. The van der Waals surface area contributed by atoms with Crippen molar-refractivity contribution in [2.24, 2.45) is 0 Å². The van der Waals surface area contributed by atoms with E-state index in [4.69, 9.17) is 42.5 Å². The summed E-state index contributed by atoms with van der Waals surface area (Å²) in [5, 5.41) is 13.5. The van der Waals surface area contributed by atoms with Crippen LogP contribution in [0, 0.1) is 0 Å². The van der Waals surface area contributed by atoms with Crippen LogP contribution in [0.1, 0.15) is 53.6 Å². The number of aliphatic carboxylic acids is 1. The van der Waals surface area contributed by atoms with E-state index in [-0.39, 0.29) is 23.8 Å². The summed E-state index contributed by atoms with van der Waals surface area (Å²) < 4.78 is 16.5. The van der Waals surface area contributed by atoms with Crippen LogP contribution in [0.5, 0.6) is 17.2 Å². The Hall–Kier alpha value is -4.23. The number of carbonyl (C=O) groups excluding carboxylic acids is 2. The number of ether oxygens (including phenoxy) is 3. The summed E-state index contributed by atoms with van der Waals surface area (Å²) in [6.07, 6.45) is 3.13. The van der Waals surface area contributed by atoms with Crippen LogP contribution < -0.4 is 19.5 Å². The number of nitrogens with zero attached hydrogens (tertiary/aromatic N) is 4. The normalized spacial score (nSPS) is 20.2. The molecule has 3 aliphatic rings. The lowest BCUT2D eigenvalue weighted by molar-refractivity contribution is -0.137. The molecular formula is C41H51Cl2N5O7. The number of rotatable bonds is 13. The van der Waals surface area contributed by atoms with Gasteiger partial charge in [-0.2, -0.15) is 0 Å². The molecule has 3 aliphatic heterocycles. The summed E-state index contributed by atoms with van der Waals surface area (Å²) in [6, 6.07) is 19.3. The van der Waals surface area contributed by atoms with Crippen molar-refractivity contribution in [2.75, 3.05) is 86.8 Å². The number of halogens is 2. The van der Waals surface area contributed by atoms with Crippen LogP contribution in [0.2, 0.25) is 10.0 Å². The van der Waals surface area contributed by atoms with Gasteiger partial charge in [0.25, 0.3) is 5.91 Å². The topological polar surface area (TPSA) is 124 Å². The lowest BCUT2D eigenvalue weighted by Crippen LogP contribution is -2.59. The van der Waals surface area contributed by atoms with Gasteiger partial charge < -0.3 is 39.3 Å². The van der Waals surface area contributed by atoms with Crippen LogP contribution in [-0.2, 0) is 15.7 Å². The zero-order valence-electron chi connectivity index (χ0n) is 31.8. The van der Waals surface area contributed by atoms with Gasteiger partial charge in [-0.3, -0.25) is 14.5 Å². The number of benzene rings is 3. The minimum atomic E-state index is -0.811. The van der Waals surface area contributed by atoms with E-state index in [2.05, 4.69) is 27.2 Å². The van der Waals surface area contributed by atoms with E-state index in [1.54, 1.807) is 12.1 Å². The Kier molecular flexibility index (Phi) is 13.0. The molecule has 55 heavy (non-hydrogen) atoms. The highest BCUT2D eigenvalue weighted by Gasteiger charge is 2.44. The van der Waals surface area contributed by atoms with Crippen molar-refractivity contribution >= 4 is 41.1 Å². The number of carboxylic acid groups (broad SMARTS) is 1. The van der Waals surface area contributed by atoms with Crippen LogP contribution in [0.4, 0.5) is 4.79 Å². The molecule has 3 fully saturated rings. The summed E-state index contributed by atoms with van der Waals surface area (Å²) in [6.45, 7) is 6.32. The molecule has 1 atom stereocenters. The number of piperazine rings is 1. The van der Waals surface area contributed by atoms with Gasteiger partial charge in [-0.1, -0.05) is 59.6 Å². The number of urea groups is 1. The molecule has 0 bridgehead atoms. The molecule has 0 aromatic heterocycles. The van der Waals surface area contributed by atoms with Gasteiger partial charge in [0.1, 0.15) is 0 Å². The number of carbonyl (C=O) groups is 3. The van der Waals surface area contributed by atoms with Crippen LogP contribution in [0.3, 0.4) is 0 Å². The zero-order valence-corrected chi connectivity index (χ0v) is 33.3. The molecule has 0 aliphatic carbocycles. The maximum absolute atomic E-state index is 14.1. The molecule has 14 heteroatoms. The summed E-state index contributed by atoms with van der Waals surface area (Å²) in [7, 11) is 4.60. The van der Waals surface area contributed by atoms with Crippen molar-refractivity contribution in [2.45, 2.75) is 43.1 Å². The Bertz CT molecular complexity index is 1810. The fraction of sp³-hybridized carbons (Fsp3) is 0.488. The van der Waals surface area contributed by atoms with Crippen molar-refractivity contribution in [3.63, 3.8) is 0 Å². The van der Waals surface area contributed by atoms with Gasteiger partial charge in [-0.05, 0) is 67.6 Å². The maximum atomic E-state index is 14.1. The van der Waals surface area contributed by atoms with Gasteiger partial charge in [0.2, 0.25) is 5.75 Å². The first-order chi connectivity index (χ1) is 26.5. The molecule has 12 nitrogen and oxygen atoms in total. The smallest absolute Gasteiger partial charge is 0.318 e. The number of carboxylic acids is 1. The van der Waals surface area contributed by atoms with E-state index in [9.17, 15) is 14.4 Å². The largest absolute Gasteiger partial charge is 0.493 e. The minimum Gasteiger partial charge on any atom is -0.493 e. The standard InChI is InChI=1S/C41H51Cl2N5O7/c1-53-34-25-29(26-35(54-2)37(34)55-3)38(51)48-20-13-40(28-48,31-9-10-32(42)33(43)27-31)12-17-46-18-14-41(15-19-46,30-7-5-4-6-8-30)44-39(52)47-23-21-45(22-24-47)16-11-36(49)50/h4-10,25-27H,11-24,28H2,1-3H3,(H,44,52)(H,49,50). The van der Waals surface area contributed by atoms with Crippen molar-refractivity contribution in [1.29, 1.82) is 0 Å². The van der Waals surface area contributed by atoms with E-state index < -0.39 is 11.5 Å². The van der Waals surface area contributed by atoms with Crippen LogP contribution in [0.25, 0.3) is 0 Å². The van der Waals surface area contributed by atoms with Gasteiger partial charge in [0, 0.05) is 69.9 Å². The van der Waals surface area contributed by atoms with Crippen molar-refractivity contribution < 1.29 is 33.7 Å². The third-order valence-corrected chi connectivity index (χ3v) is 12.4. The number of nitrogens with one attached hydrogen (secondary N) is 1. The quantitative estimate of drug-likeness (QED) is 0.215. The third-order valence-electron chi connectivity index (χ3n) is 11.7. The Morgan fingerprint density at radius 3 is 1.98 bits per heavy atom. The molecular weight excluding hydrogens is 745 g/mol. The fourth-order valence-corrected chi connectivity index (χ4v) is 8.63. The Morgan fingerprint density at radius 2 is 1.38 bits per heavy atom. The van der Waals surface area contributed by atoms with E-state index in [0.29, 0.717) is 78.7 Å². The lowest BCUT2D eigenvalue weighted by atomic mass is 9.76. The van der Waals surface area contributed by atoms with Crippen molar-refractivity contribution in [3.05, 3.63) is 87.4 Å². The van der Waals surface area contributed by atoms with E-state index in [1.165, 1.54) is 21.3 Å². The number of hydrogen-bond donors (Lipinski definition) is 2. The Morgan fingerprint density at radius 1 is 0.727 bits per heavy atom. The van der Waals surface area contributed by atoms with Crippen LogP contribution >= 0.6 is 23.2 Å². The molecule has 3 saturated heterocycles. The molecule has 3 aromatic rings. The second-order valence-corrected chi connectivity index (χ2v) is 15.6. The van der Waals surface area contributed by atoms with E-state index >= 15 is 0 Å². The first-order valence-corrected chi connectivity index (χ1v) is 19.6. The predicted octanol–water partition coefficient (Wildman–Crippen LogP) is 5.99. The van der Waals surface area contributed by atoms with E-state index in [1.807, 2.05) is 46.2 Å². The Labute approximate surface area is 333 Å². The van der Waals surface area contributed by atoms with Crippen LogP contribution in [0.15, 0.2) is 60.7 Å². The molecule has 1 unspecified atom stereocenters. The number of hydrogen-bond acceptors (Lipinski definition) is 8. The molecule has 3 aromatic carbocycles. The molecule has 3 heterocycles. The molecule has 0 radical (unpaired) electrons. The third kappa shape index (κ3) is 9.09. The molecule has 0 saturated carbocycles. The summed E-state index contributed by atoms with van der Waals surface area (Å²) in [4.78, 5) is 47.2. The van der Waals surface area contributed by atoms with Crippen molar-refractivity contribution in [3.8, 4) is 17.2 Å². The average molecular weight is 797 g/mol. The maximum Gasteiger partial charge on any atom is 0.318 e. The number of piperidine rings is 1. The lowest BCUT2D eigenvalue weighted by Gasteiger charge is -2.45. The number of amides is 3. The zero-order chi connectivity index (χ0) is 39.2.